The van der Waals surface area contributed by atoms with Crippen LogP contribution in [0.25, 0.3) is 0 Å². The van der Waals surface area contributed by atoms with Crippen molar-refractivity contribution in [1.82, 2.24) is 9.88 Å². The number of nitrogens with zero attached hydrogens (tertiary/aromatic N) is 3. The molecule has 0 saturated carbocycles. The molecule has 0 N–H and O–H groups in total. The van der Waals surface area contributed by atoms with Crippen LogP contribution in [-0.2, 0) is 11.0 Å². The summed E-state index contributed by atoms with van der Waals surface area (Å²) in [6.45, 7) is 5.40. The van der Waals surface area contributed by atoms with Crippen molar-refractivity contribution in [3.05, 3.63) is 22.9 Å². The first-order chi connectivity index (χ1) is 11.6. The number of nitriles is 1. The number of aryl methyl sites for hydroxylation is 1. The first kappa shape index (κ1) is 19.6. The maximum absolute atomic E-state index is 13.1. The Morgan fingerprint density at radius 1 is 1.40 bits per heavy atom. The highest BCUT2D eigenvalue weighted by Gasteiger charge is 2.36. The summed E-state index contributed by atoms with van der Waals surface area (Å²) in [7, 11) is 0. The van der Waals surface area contributed by atoms with Crippen LogP contribution < -0.4 is 0 Å². The molecule has 2 rings (SSSR count). The highest BCUT2D eigenvalue weighted by molar-refractivity contribution is 8.00. The Labute approximate surface area is 149 Å². The number of halogens is 3. The van der Waals surface area contributed by atoms with Gasteiger partial charge in [0, 0.05) is 17.8 Å². The third-order valence-corrected chi connectivity index (χ3v) is 5.31. The molecule has 2 unspecified atom stereocenters. The molecule has 1 aliphatic rings. The van der Waals surface area contributed by atoms with E-state index in [1.807, 2.05) is 13.8 Å². The molecule has 4 nitrogen and oxygen atoms in total. The van der Waals surface area contributed by atoms with Crippen LogP contribution >= 0.6 is 11.8 Å². The molecule has 1 aromatic rings. The lowest BCUT2D eigenvalue weighted by atomic mass is 9.98. The van der Waals surface area contributed by atoms with E-state index in [1.165, 1.54) is 6.92 Å². The number of pyridine rings is 1. The highest BCUT2D eigenvalue weighted by atomic mass is 32.2. The van der Waals surface area contributed by atoms with Crippen molar-refractivity contribution in [2.24, 2.45) is 0 Å². The van der Waals surface area contributed by atoms with Crippen LogP contribution in [0.5, 0.6) is 0 Å². The minimum absolute atomic E-state index is 0.0306. The van der Waals surface area contributed by atoms with E-state index in [1.54, 1.807) is 11.0 Å². The lowest BCUT2D eigenvalue weighted by Gasteiger charge is -2.39. The monoisotopic (exact) mass is 371 g/mol. The molecule has 0 radical (unpaired) electrons. The van der Waals surface area contributed by atoms with Gasteiger partial charge in [-0.2, -0.15) is 18.4 Å². The molecular weight excluding hydrogens is 351 g/mol. The maximum atomic E-state index is 13.1. The third-order valence-electron chi connectivity index (χ3n) is 4.35. The molecule has 0 bridgehead atoms. The van der Waals surface area contributed by atoms with Gasteiger partial charge in [0.15, 0.2) is 0 Å². The van der Waals surface area contributed by atoms with Crippen molar-refractivity contribution in [2.75, 3.05) is 5.75 Å². The SMILES string of the molecule is Cc1cc(C(F)(F)F)c(C#N)c(SCC(=O)N2C(C)CCCC2C)n1. The molecule has 1 aromatic heterocycles. The Balaban J connectivity index is 2.22. The van der Waals surface area contributed by atoms with Crippen molar-refractivity contribution in [3.63, 3.8) is 0 Å². The standard InChI is InChI=1S/C17H20F3N3OS/c1-10-7-14(17(18,19)20)13(8-21)16(22-10)25-9-15(24)23-11(2)5-4-6-12(23)3/h7,11-12H,4-6,9H2,1-3H3. The van der Waals surface area contributed by atoms with Crippen molar-refractivity contribution in [2.45, 2.75) is 63.3 Å². The Morgan fingerprint density at radius 3 is 2.52 bits per heavy atom. The zero-order valence-electron chi connectivity index (χ0n) is 14.4. The number of rotatable bonds is 3. The van der Waals surface area contributed by atoms with Gasteiger partial charge in [0.2, 0.25) is 5.91 Å². The number of carbonyl (C=O) groups is 1. The van der Waals surface area contributed by atoms with E-state index in [0.717, 1.165) is 37.1 Å². The Kier molecular flexibility index (Phi) is 5.99. The summed E-state index contributed by atoms with van der Waals surface area (Å²) in [6, 6.07) is 2.68. The number of hydrogen-bond donors (Lipinski definition) is 0. The lowest BCUT2D eigenvalue weighted by molar-refractivity contribution is -0.138. The van der Waals surface area contributed by atoms with Crippen LogP contribution in [-0.4, -0.2) is 33.6 Å². The van der Waals surface area contributed by atoms with Crippen LogP contribution in [0.2, 0.25) is 0 Å². The number of alkyl halides is 3. The summed E-state index contributed by atoms with van der Waals surface area (Å²) in [6.07, 6.45) is -1.73. The predicted molar refractivity (Wildman–Crippen MR) is 89.0 cm³/mol. The summed E-state index contributed by atoms with van der Waals surface area (Å²) in [5.74, 6) is -0.164. The van der Waals surface area contributed by atoms with E-state index in [9.17, 15) is 18.0 Å². The fourth-order valence-electron chi connectivity index (χ4n) is 3.20. The molecule has 0 aliphatic carbocycles. The number of hydrogen-bond acceptors (Lipinski definition) is 4. The third kappa shape index (κ3) is 4.46. The van der Waals surface area contributed by atoms with Gasteiger partial charge in [-0.3, -0.25) is 4.79 Å². The largest absolute Gasteiger partial charge is 0.417 e. The average Bonchev–Trinajstić information content (AvgIpc) is 2.51. The van der Waals surface area contributed by atoms with Gasteiger partial charge in [-0.1, -0.05) is 11.8 Å². The molecule has 2 atom stereocenters. The lowest BCUT2D eigenvalue weighted by Crippen LogP contribution is -2.48. The van der Waals surface area contributed by atoms with E-state index in [0.29, 0.717) is 0 Å². The first-order valence-electron chi connectivity index (χ1n) is 8.08. The van der Waals surface area contributed by atoms with E-state index in [2.05, 4.69) is 4.98 Å². The Bertz CT molecular complexity index is 690. The quantitative estimate of drug-likeness (QED) is 0.749. The van der Waals surface area contributed by atoms with Crippen LogP contribution in [0.4, 0.5) is 13.2 Å². The first-order valence-corrected chi connectivity index (χ1v) is 9.06. The van der Waals surface area contributed by atoms with E-state index >= 15 is 0 Å². The molecule has 2 heterocycles. The summed E-state index contributed by atoms with van der Waals surface area (Å²) >= 11 is 0.897. The second kappa shape index (κ2) is 7.65. The molecule has 136 valence electrons. The predicted octanol–water partition coefficient (Wildman–Crippen LogP) is 4.16. The topological polar surface area (TPSA) is 57.0 Å². The second-order valence-electron chi connectivity index (χ2n) is 6.32. The molecule has 0 aromatic carbocycles. The minimum Gasteiger partial charge on any atom is -0.337 e. The molecule has 8 heteroatoms. The zero-order chi connectivity index (χ0) is 18.8. The van der Waals surface area contributed by atoms with Gasteiger partial charge < -0.3 is 4.90 Å². The summed E-state index contributed by atoms with van der Waals surface area (Å²) in [4.78, 5) is 18.4. The van der Waals surface area contributed by atoms with Crippen molar-refractivity contribution < 1.29 is 18.0 Å². The van der Waals surface area contributed by atoms with Crippen molar-refractivity contribution >= 4 is 17.7 Å². The molecule has 0 spiro atoms. The van der Waals surface area contributed by atoms with E-state index in [-0.39, 0.29) is 34.5 Å². The van der Waals surface area contributed by atoms with E-state index in [4.69, 9.17) is 5.26 Å². The molecular formula is C17H20F3N3OS. The molecule has 1 saturated heterocycles. The highest BCUT2D eigenvalue weighted by Crippen LogP contribution is 2.36. The number of amides is 1. The van der Waals surface area contributed by atoms with Crippen LogP contribution in [0.3, 0.4) is 0 Å². The summed E-state index contributed by atoms with van der Waals surface area (Å²) in [5.41, 5.74) is -1.35. The van der Waals surface area contributed by atoms with Gasteiger partial charge in [0.1, 0.15) is 11.1 Å². The molecule has 1 fully saturated rings. The number of aromatic nitrogens is 1. The molecule has 25 heavy (non-hydrogen) atoms. The number of likely N-dealkylation sites (tertiary alicyclic amines) is 1. The van der Waals surface area contributed by atoms with Crippen molar-refractivity contribution in [1.29, 1.82) is 5.26 Å². The van der Waals surface area contributed by atoms with Gasteiger partial charge >= 0.3 is 6.18 Å². The smallest absolute Gasteiger partial charge is 0.337 e. The summed E-state index contributed by atoms with van der Waals surface area (Å²) < 4.78 is 39.4. The second-order valence-corrected chi connectivity index (χ2v) is 7.28. The number of thioether (sulfide) groups is 1. The Morgan fingerprint density at radius 2 is 2.00 bits per heavy atom. The zero-order valence-corrected chi connectivity index (χ0v) is 15.2. The van der Waals surface area contributed by atoms with Crippen molar-refractivity contribution in [3.8, 4) is 6.07 Å². The number of piperidine rings is 1. The average molecular weight is 371 g/mol. The van der Waals surface area contributed by atoms with Gasteiger partial charge in [0.25, 0.3) is 0 Å². The fourth-order valence-corrected chi connectivity index (χ4v) is 4.12. The Hall–Kier alpha value is -1.75. The van der Waals surface area contributed by atoms with Crippen LogP contribution in [0.1, 0.15) is 49.9 Å². The van der Waals surface area contributed by atoms with Gasteiger partial charge in [-0.05, 0) is 46.1 Å². The van der Waals surface area contributed by atoms with Gasteiger partial charge in [-0.15, -0.1) is 0 Å². The fraction of sp³-hybridized carbons (Fsp3) is 0.588. The summed E-state index contributed by atoms with van der Waals surface area (Å²) in [5, 5.41) is 9.11. The normalized spacial score (nSPS) is 21.1. The van der Waals surface area contributed by atoms with E-state index < -0.39 is 17.3 Å². The maximum Gasteiger partial charge on any atom is 0.417 e. The van der Waals surface area contributed by atoms with Gasteiger partial charge in [0.05, 0.1) is 16.9 Å². The molecule has 1 aliphatic heterocycles. The van der Waals surface area contributed by atoms with Crippen LogP contribution in [0, 0.1) is 18.3 Å². The minimum atomic E-state index is -4.63. The number of carbonyl (C=O) groups excluding carboxylic acids is 1. The van der Waals surface area contributed by atoms with Gasteiger partial charge in [-0.25, -0.2) is 4.98 Å². The molecule has 1 amide bonds. The van der Waals surface area contributed by atoms with Crippen LogP contribution in [0.15, 0.2) is 11.1 Å².